The number of aliphatic hydroxyl groups is 1. The fourth-order valence-corrected chi connectivity index (χ4v) is 2.84. The van der Waals surface area contributed by atoms with E-state index in [1.807, 2.05) is 48.7 Å². The normalized spacial score (nSPS) is 10.8. The summed E-state index contributed by atoms with van der Waals surface area (Å²) in [4.78, 5) is 15.1. The number of nitrogens with one attached hydrogen (secondary N) is 3. The first-order valence-corrected chi connectivity index (χ1v) is 8.51. The second-order valence-electron chi connectivity index (χ2n) is 6.02. The molecule has 130 valence electrons. The molecule has 3 aromatic rings. The van der Waals surface area contributed by atoms with Gasteiger partial charge in [0.15, 0.2) is 0 Å². The fourth-order valence-electron chi connectivity index (χ4n) is 2.84. The van der Waals surface area contributed by atoms with Crippen molar-refractivity contribution < 1.29 is 9.90 Å². The molecule has 1 aromatic heterocycles. The van der Waals surface area contributed by atoms with E-state index in [2.05, 4.69) is 21.7 Å². The monoisotopic (exact) mass is 337 g/mol. The van der Waals surface area contributed by atoms with Crippen molar-refractivity contribution in [2.75, 3.05) is 13.1 Å². The van der Waals surface area contributed by atoms with Gasteiger partial charge in [0.2, 0.25) is 0 Å². The first-order valence-electron chi connectivity index (χ1n) is 8.51. The van der Waals surface area contributed by atoms with Crippen LogP contribution in [0, 0.1) is 0 Å². The lowest BCUT2D eigenvalue weighted by Crippen LogP contribution is -2.37. The lowest BCUT2D eigenvalue weighted by atomic mass is 10.1. The maximum absolute atomic E-state index is 11.9. The van der Waals surface area contributed by atoms with Gasteiger partial charge in [-0.3, -0.25) is 0 Å². The van der Waals surface area contributed by atoms with Crippen LogP contribution in [0.1, 0.15) is 16.7 Å². The number of carbonyl (C=O) groups excluding carboxylic acids is 1. The van der Waals surface area contributed by atoms with Crippen LogP contribution in [-0.2, 0) is 19.4 Å². The second-order valence-corrected chi connectivity index (χ2v) is 6.02. The Hall–Kier alpha value is -2.79. The Kier molecular flexibility index (Phi) is 5.69. The van der Waals surface area contributed by atoms with Gasteiger partial charge in [-0.15, -0.1) is 0 Å². The van der Waals surface area contributed by atoms with E-state index in [4.69, 9.17) is 5.11 Å². The number of aromatic amines is 1. The molecule has 0 unspecified atom stereocenters. The number of H-pyrrole nitrogens is 1. The third kappa shape index (κ3) is 4.61. The van der Waals surface area contributed by atoms with Crippen molar-refractivity contribution in [3.8, 4) is 0 Å². The summed E-state index contributed by atoms with van der Waals surface area (Å²) in [6, 6.07) is 15.8. The SMILES string of the molecule is O=C(NCCc1ccc(CO)cc1)NCCc1c[nH]c2ccccc12. The summed E-state index contributed by atoms with van der Waals surface area (Å²) in [5.74, 6) is 0. The number of urea groups is 1. The molecule has 0 saturated carbocycles. The lowest BCUT2D eigenvalue weighted by molar-refractivity contribution is 0.241. The smallest absolute Gasteiger partial charge is 0.314 e. The number of rotatable bonds is 7. The van der Waals surface area contributed by atoms with E-state index >= 15 is 0 Å². The highest BCUT2D eigenvalue weighted by Crippen LogP contribution is 2.17. The molecule has 4 N–H and O–H groups in total. The molecule has 2 aromatic carbocycles. The van der Waals surface area contributed by atoms with Gasteiger partial charge in [-0.1, -0.05) is 42.5 Å². The van der Waals surface area contributed by atoms with Crippen molar-refractivity contribution >= 4 is 16.9 Å². The van der Waals surface area contributed by atoms with Gasteiger partial charge in [0, 0.05) is 30.2 Å². The lowest BCUT2D eigenvalue weighted by Gasteiger charge is -2.08. The molecular formula is C20H23N3O2. The van der Waals surface area contributed by atoms with Gasteiger partial charge in [0.05, 0.1) is 6.61 Å². The van der Waals surface area contributed by atoms with Crippen LogP contribution < -0.4 is 10.6 Å². The van der Waals surface area contributed by atoms with Crippen molar-refractivity contribution in [1.29, 1.82) is 0 Å². The van der Waals surface area contributed by atoms with Crippen LogP contribution in [0.3, 0.4) is 0 Å². The number of carbonyl (C=O) groups is 1. The summed E-state index contributed by atoms with van der Waals surface area (Å²) < 4.78 is 0. The summed E-state index contributed by atoms with van der Waals surface area (Å²) in [5.41, 5.74) is 4.36. The predicted octanol–water partition coefficient (Wildman–Crippen LogP) is 2.74. The first kappa shape index (κ1) is 17.0. The minimum absolute atomic E-state index is 0.0529. The minimum atomic E-state index is -0.146. The van der Waals surface area contributed by atoms with Crippen LogP contribution in [-0.4, -0.2) is 29.2 Å². The van der Waals surface area contributed by atoms with Gasteiger partial charge < -0.3 is 20.7 Å². The number of amides is 2. The maximum atomic E-state index is 11.9. The molecule has 0 aliphatic rings. The summed E-state index contributed by atoms with van der Waals surface area (Å²) in [7, 11) is 0. The molecule has 25 heavy (non-hydrogen) atoms. The van der Waals surface area contributed by atoms with Crippen LogP contribution >= 0.6 is 0 Å². The number of benzene rings is 2. The summed E-state index contributed by atoms with van der Waals surface area (Å²) in [5, 5.41) is 16.0. The molecule has 0 fully saturated rings. The number of aromatic nitrogens is 1. The van der Waals surface area contributed by atoms with Gasteiger partial charge in [-0.2, -0.15) is 0 Å². The van der Waals surface area contributed by atoms with E-state index in [1.54, 1.807) is 0 Å². The third-order valence-corrected chi connectivity index (χ3v) is 4.26. The van der Waals surface area contributed by atoms with Crippen LogP contribution in [0.4, 0.5) is 4.79 Å². The summed E-state index contributed by atoms with van der Waals surface area (Å²) in [6.07, 6.45) is 3.56. The van der Waals surface area contributed by atoms with Crippen molar-refractivity contribution in [3.63, 3.8) is 0 Å². The highest BCUT2D eigenvalue weighted by atomic mass is 16.3. The zero-order chi connectivity index (χ0) is 17.5. The first-order chi connectivity index (χ1) is 12.3. The number of aliphatic hydroxyl groups excluding tert-OH is 1. The number of hydrogen-bond donors (Lipinski definition) is 4. The Labute approximate surface area is 147 Å². The Morgan fingerprint density at radius 2 is 1.60 bits per heavy atom. The molecule has 5 heteroatoms. The van der Waals surface area contributed by atoms with Crippen LogP contribution in [0.5, 0.6) is 0 Å². The fraction of sp³-hybridized carbons (Fsp3) is 0.250. The summed E-state index contributed by atoms with van der Waals surface area (Å²) in [6.45, 7) is 1.23. The van der Waals surface area contributed by atoms with E-state index in [0.29, 0.717) is 13.1 Å². The van der Waals surface area contributed by atoms with Gasteiger partial charge >= 0.3 is 6.03 Å². The van der Waals surface area contributed by atoms with Crippen LogP contribution in [0.15, 0.2) is 54.7 Å². The maximum Gasteiger partial charge on any atom is 0.314 e. The zero-order valence-electron chi connectivity index (χ0n) is 14.1. The summed E-state index contributed by atoms with van der Waals surface area (Å²) >= 11 is 0. The molecule has 0 atom stereocenters. The van der Waals surface area contributed by atoms with Gasteiger partial charge in [-0.05, 0) is 35.6 Å². The molecule has 0 radical (unpaired) electrons. The number of hydrogen-bond acceptors (Lipinski definition) is 2. The van der Waals surface area contributed by atoms with Gasteiger partial charge in [0.1, 0.15) is 0 Å². The number of fused-ring (bicyclic) bond motifs is 1. The third-order valence-electron chi connectivity index (χ3n) is 4.26. The topological polar surface area (TPSA) is 77.2 Å². The quantitative estimate of drug-likeness (QED) is 0.535. The number of para-hydroxylation sites is 1. The predicted molar refractivity (Wildman–Crippen MR) is 99.5 cm³/mol. The van der Waals surface area contributed by atoms with Crippen molar-refractivity contribution in [3.05, 3.63) is 71.4 Å². The molecule has 0 saturated heterocycles. The highest BCUT2D eigenvalue weighted by molar-refractivity contribution is 5.83. The van der Waals surface area contributed by atoms with Gasteiger partial charge in [0.25, 0.3) is 0 Å². The molecule has 0 aliphatic carbocycles. The Morgan fingerprint density at radius 1 is 0.920 bits per heavy atom. The standard InChI is InChI=1S/C20H23N3O2/c24-14-16-7-5-15(6-8-16)9-11-21-20(25)22-12-10-17-13-23-19-4-2-1-3-18(17)19/h1-8,13,23-24H,9-12,14H2,(H2,21,22,25). The largest absolute Gasteiger partial charge is 0.392 e. The van der Waals surface area contributed by atoms with Crippen LogP contribution in [0.2, 0.25) is 0 Å². The zero-order valence-corrected chi connectivity index (χ0v) is 14.1. The molecule has 2 amide bonds. The van der Waals surface area contributed by atoms with Gasteiger partial charge in [-0.25, -0.2) is 4.79 Å². The van der Waals surface area contributed by atoms with Crippen molar-refractivity contribution in [2.45, 2.75) is 19.4 Å². The van der Waals surface area contributed by atoms with E-state index in [0.717, 1.165) is 29.5 Å². The van der Waals surface area contributed by atoms with E-state index < -0.39 is 0 Å². The van der Waals surface area contributed by atoms with Crippen LogP contribution in [0.25, 0.3) is 10.9 Å². The Balaban J connectivity index is 1.38. The average molecular weight is 337 g/mol. The second kappa shape index (κ2) is 8.35. The molecule has 0 bridgehead atoms. The minimum Gasteiger partial charge on any atom is -0.392 e. The Bertz CT molecular complexity index is 824. The molecule has 5 nitrogen and oxygen atoms in total. The average Bonchev–Trinajstić information content (AvgIpc) is 3.06. The van der Waals surface area contributed by atoms with E-state index in [-0.39, 0.29) is 12.6 Å². The van der Waals surface area contributed by atoms with Crippen molar-refractivity contribution in [2.24, 2.45) is 0 Å². The van der Waals surface area contributed by atoms with Crippen molar-refractivity contribution in [1.82, 2.24) is 15.6 Å². The highest BCUT2D eigenvalue weighted by Gasteiger charge is 2.04. The van der Waals surface area contributed by atoms with E-state index in [1.165, 1.54) is 10.9 Å². The molecule has 1 heterocycles. The molecule has 3 rings (SSSR count). The Morgan fingerprint density at radius 3 is 2.36 bits per heavy atom. The molecular weight excluding hydrogens is 314 g/mol. The van der Waals surface area contributed by atoms with E-state index in [9.17, 15) is 4.79 Å². The molecule has 0 spiro atoms. The molecule has 0 aliphatic heterocycles.